The average Bonchev–Trinajstić information content (AvgIpc) is 2.17. The minimum absolute atomic E-state index is 0.0246. The summed E-state index contributed by atoms with van der Waals surface area (Å²) in [6.07, 6.45) is 5.50. The molecule has 2 heteroatoms. The molecule has 0 aromatic carbocycles. The molecular formula is C13H27NO. The Kier molecular flexibility index (Phi) is 5.07. The van der Waals surface area contributed by atoms with Crippen LogP contribution in [0.1, 0.15) is 52.9 Å². The van der Waals surface area contributed by atoms with E-state index in [1.807, 2.05) is 0 Å². The lowest BCUT2D eigenvalue weighted by molar-refractivity contribution is 0.0489. The van der Waals surface area contributed by atoms with Crippen molar-refractivity contribution in [2.75, 3.05) is 0 Å². The Balaban J connectivity index is 2.35. The summed E-state index contributed by atoms with van der Waals surface area (Å²) in [4.78, 5) is 0. The van der Waals surface area contributed by atoms with Gasteiger partial charge in [0.2, 0.25) is 0 Å². The maximum atomic E-state index is 10.2. The summed E-state index contributed by atoms with van der Waals surface area (Å²) in [5.74, 6) is 1.88. The van der Waals surface area contributed by atoms with E-state index in [9.17, 15) is 5.11 Å². The van der Waals surface area contributed by atoms with Crippen molar-refractivity contribution in [3.05, 3.63) is 0 Å². The van der Waals surface area contributed by atoms with E-state index in [1.165, 1.54) is 12.8 Å². The van der Waals surface area contributed by atoms with Crippen LogP contribution >= 0.6 is 0 Å². The van der Waals surface area contributed by atoms with E-state index in [1.54, 1.807) is 0 Å². The largest absolute Gasteiger partial charge is 0.391 e. The fraction of sp³-hybridized carbons (Fsp3) is 1.00. The van der Waals surface area contributed by atoms with Crippen LogP contribution in [0.4, 0.5) is 0 Å². The van der Waals surface area contributed by atoms with Crippen LogP contribution in [0.2, 0.25) is 0 Å². The van der Waals surface area contributed by atoms with Gasteiger partial charge in [0, 0.05) is 6.04 Å². The highest BCUT2D eigenvalue weighted by Crippen LogP contribution is 2.31. The smallest absolute Gasteiger partial charge is 0.0719 e. The minimum Gasteiger partial charge on any atom is -0.391 e. The molecule has 1 aliphatic carbocycles. The highest BCUT2D eigenvalue weighted by Gasteiger charge is 2.28. The van der Waals surface area contributed by atoms with E-state index in [0.29, 0.717) is 11.8 Å². The Morgan fingerprint density at radius 3 is 2.20 bits per heavy atom. The zero-order valence-electron chi connectivity index (χ0n) is 10.4. The van der Waals surface area contributed by atoms with Gasteiger partial charge in [0.1, 0.15) is 0 Å². The zero-order chi connectivity index (χ0) is 11.4. The third-order valence-electron chi connectivity index (χ3n) is 3.73. The van der Waals surface area contributed by atoms with Crippen LogP contribution in [0.5, 0.6) is 0 Å². The van der Waals surface area contributed by atoms with Gasteiger partial charge in [-0.15, -0.1) is 0 Å². The van der Waals surface area contributed by atoms with Crippen molar-refractivity contribution in [2.45, 2.75) is 65.0 Å². The molecule has 0 aromatic heterocycles. The second kappa shape index (κ2) is 5.86. The molecule has 0 amide bonds. The van der Waals surface area contributed by atoms with Crippen LogP contribution in [0.25, 0.3) is 0 Å². The number of aliphatic hydroxyl groups excluding tert-OH is 1. The summed E-state index contributed by atoms with van der Waals surface area (Å²) >= 11 is 0. The number of nitrogens with two attached hydrogens (primary N) is 1. The molecule has 1 fully saturated rings. The molecule has 0 bridgehead atoms. The Morgan fingerprint density at radius 2 is 1.73 bits per heavy atom. The van der Waals surface area contributed by atoms with Crippen molar-refractivity contribution in [1.82, 2.24) is 0 Å². The fourth-order valence-electron chi connectivity index (χ4n) is 2.66. The lowest BCUT2D eigenvalue weighted by Gasteiger charge is -2.33. The molecule has 1 saturated carbocycles. The second-order valence-electron chi connectivity index (χ2n) is 5.80. The predicted octanol–water partition coefficient (Wildman–Crippen LogP) is 2.55. The second-order valence-corrected chi connectivity index (χ2v) is 5.80. The maximum absolute atomic E-state index is 10.2. The van der Waals surface area contributed by atoms with Crippen LogP contribution in [0.15, 0.2) is 0 Å². The van der Waals surface area contributed by atoms with Crippen LogP contribution in [0.3, 0.4) is 0 Å². The van der Waals surface area contributed by atoms with E-state index >= 15 is 0 Å². The monoisotopic (exact) mass is 213 g/mol. The van der Waals surface area contributed by atoms with Gasteiger partial charge < -0.3 is 10.8 Å². The topological polar surface area (TPSA) is 46.2 Å². The standard InChI is InChI=1S/C13H27NO/c1-9(2)8-12(14)13(15)11-6-4-10(3)5-7-11/h9-13,15H,4-8,14H2,1-3H3. The van der Waals surface area contributed by atoms with Crippen molar-refractivity contribution in [3.63, 3.8) is 0 Å². The molecule has 0 saturated heterocycles. The SMILES string of the molecule is CC(C)CC(N)C(O)C1CCC(C)CC1. The molecule has 15 heavy (non-hydrogen) atoms. The zero-order valence-corrected chi connectivity index (χ0v) is 10.4. The molecule has 0 spiro atoms. The Bertz CT molecular complexity index is 173. The summed E-state index contributed by atoms with van der Waals surface area (Å²) in [6, 6.07) is -0.0246. The van der Waals surface area contributed by atoms with Crippen LogP contribution in [-0.4, -0.2) is 17.3 Å². The quantitative estimate of drug-likeness (QED) is 0.754. The third-order valence-corrected chi connectivity index (χ3v) is 3.73. The van der Waals surface area contributed by atoms with Crippen LogP contribution in [-0.2, 0) is 0 Å². The van der Waals surface area contributed by atoms with Crippen LogP contribution < -0.4 is 5.73 Å². The Labute approximate surface area is 94.2 Å². The molecule has 0 aliphatic heterocycles. The maximum Gasteiger partial charge on any atom is 0.0719 e. The van der Waals surface area contributed by atoms with Crippen molar-refractivity contribution in [2.24, 2.45) is 23.5 Å². The molecular weight excluding hydrogens is 186 g/mol. The summed E-state index contributed by atoms with van der Waals surface area (Å²) < 4.78 is 0. The normalized spacial score (nSPS) is 31.6. The van der Waals surface area contributed by atoms with E-state index in [0.717, 1.165) is 25.2 Å². The van der Waals surface area contributed by atoms with Gasteiger partial charge in [0.05, 0.1) is 6.10 Å². The van der Waals surface area contributed by atoms with E-state index < -0.39 is 0 Å². The summed E-state index contributed by atoms with van der Waals surface area (Å²) in [7, 11) is 0. The lowest BCUT2D eigenvalue weighted by atomic mass is 9.77. The summed E-state index contributed by atoms with van der Waals surface area (Å²) in [6.45, 7) is 6.63. The van der Waals surface area contributed by atoms with Crippen molar-refractivity contribution < 1.29 is 5.11 Å². The molecule has 2 unspecified atom stereocenters. The first-order valence-electron chi connectivity index (χ1n) is 6.44. The molecule has 3 N–H and O–H groups in total. The van der Waals surface area contributed by atoms with Crippen molar-refractivity contribution in [3.8, 4) is 0 Å². The number of aliphatic hydroxyl groups is 1. The van der Waals surface area contributed by atoms with Gasteiger partial charge in [-0.3, -0.25) is 0 Å². The average molecular weight is 213 g/mol. The Hall–Kier alpha value is -0.0800. The van der Waals surface area contributed by atoms with Gasteiger partial charge in [-0.1, -0.05) is 33.6 Å². The molecule has 90 valence electrons. The molecule has 2 nitrogen and oxygen atoms in total. The van der Waals surface area contributed by atoms with Gasteiger partial charge in [-0.05, 0) is 37.0 Å². The summed E-state index contributed by atoms with van der Waals surface area (Å²) in [5, 5.41) is 10.2. The first-order chi connectivity index (χ1) is 7.00. The van der Waals surface area contributed by atoms with Crippen molar-refractivity contribution in [1.29, 1.82) is 0 Å². The lowest BCUT2D eigenvalue weighted by Crippen LogP contribution is -2.42. The number of hydrogen-bond donors (Lipinski definition) is 2. The fourth-order valence-corrected chi connectivity index (χ4v) is 2.66. The van der Waals surface area contributed by atoms with Gasteiger partial charge in [0.25, 0.3) is 0 Å². The van der Waals surface area contributed by atoms with Crippen molar-refractivity contribution >= 4 is 0 Å². The predicted molar refractivity (Wildman–Crippen MR) is 64.6 cm³/mol. The highest BCUT2D eigenvalue weighted by atomic mass is 16.3. The van der Waals surface area contributed by atoms with E-state index in [4.69, 9.17) is 5.73 Å². The van der Waals surface area contributed by atoms with E-state index in [-0.39, 0.29) is 12.1 Å². The minimum atomic E-state index is -0.278. The van der Waals surface area contributed by atoms with E-state index in [2.05, 4.69) is 20.8 Å². The van der Waals surface area contributed by atoms with Gasteiger partial charge in [-0.25, -0.2) is 0 Å². The van der Waals surface area contributed by atoms with Gasteiger partial charge in [-0.2, -0.15) is 0 Å². The molecule has 0 heterocycles. The third kappa shape index (κ3) is 4.12. The number of hydrogen-bond acceptors (Lipinski definition) is 2. The van der Waals surface area contributed by atoms with Gasteiger partial charge in [0.15, 0.2) is 0 Å². The highest BCUT2D eigenvalue weighted by molar-refractivity contribution is 4.83. The molecule has 2 atom stereocenters. The van der Waals surface area contributed by atoms with Crippen LogP contribution in [0, 0.1) is 17.8 Å². The Morgan fingerprint density at radius 1 is 1.20 bits per heavy atom. The summed E-state index contributed by atoms with van der Waals surface area (Å²) in [5.41, 5.74) is 6.03. The first-order valence-corrected chi connectivity index (χ1v) is 6.44. The molecule has 0 aromatic rings. The number of rotatable bonds is 4. The molecule has 1 rings (SSSR count). The van der Waals surface area contributed by atoms with Gasteiger partial charge >= 0.3 is 0 Å². The first kappa shape index (κ1) is 13.0. The molecule has 1 aliphatic rings. The molecule has 0 radical (unpaired) electrons.